The highest BCUT2D eigenvalue weighted by atomic mass is 16.5. The molecule has 1 amide bonds. The van der Waals surface area contributed by atoms with Crippen LogP contribution in [-0.2, 0) is 0 Å². The number of aromatic nitrogens is 2. The molecule has 7 nitrogen and oxygen atoms in total. The van der Waals surface area contributed by atoms with Crippen LogP contribution >= 0.6 is 0 Å². The number of carbonyl (C=O) groups excluding carboxylic acids is 1. The van der Waals surface area contributed by atoms with E-state index >= 15 is 0 Å². The van der Waals surface area contributed by atoms with Gasteiger partial charge in [0.05, 0.1) is 5.56 Å². The third-order valence-corrected chi connectivity index (χ3v) is 5.14. The maximum atomic E-state index is 13.1. The van der Waals surface area contributed by atoms with Crippen molar-refractivity contribution >= 4 is 5.91 Å². The Morgan fingerprint density at radius 1 is 1.03 bits per heavy atom. The number of benzene rings is 2. The lowest BCUT2D eigenvalue weighted by Gasteiger charge is -2.30. The van der Waals surface area contributed by atoms with Crippen LogP contribution in [0.5, 0.6) is 11.5 Å². The Morgan fingerprint density at radius 2 is 1.73 bits per heavy atom. The zero-order valence-corrected chi connectivity index (χ0v) is 17.0. The first-order valence-corrected chi connectivity index (χ1v) is 10.2. The van der Waals surface area contributed by atoms with Crippen LogP contribution < -0.4 is 9.47 Å². The normalized spacial score (nSPS) is 14.5. The van der Waals surface area contributed by atoms with Crippen molar-refractivity contribution in [3.05, 3.63) is 71.9 Å². The minimum Gasteiger partial charge on any atom is -0.490 e. The maximum Gasteiger partial charge on any atom is 0.257 e. The molecule has 2 heterocycles. The highest BCUT2D eigenvalue weighted by Crippen LogP contribution is 2.29. The van der Waals surface area contributed by atoms with Crippen molar-refractivity contribution in [1.82, 2.24) is 15.0 Å². The average molecular weight is 407 g/mol. The van der Waals surface area contributed by atoms with Gasteiger partial charge in [-0.25, -0.2) is 0 Å². The van der Waals surface area contributed by atoms with Crippen LogP contribution in [-0.4, -0.2) is 47.3 Å². The number of hydrogen-bond acceptors (Lipinski definition) is 6. The second-order valence-electron chi connectivity index (χ2n) is 7.25. The van der Waals surface area contributed by atoms with Gasteiger partial charge in [0, 0.05) is 19.0 Å². The van der Waals surface area contributed by atoms with Crippen molar-refractivity contribution in [3.8, 4) is 11.5 Å². The quantitative estimate of drug-likeness (QED) is 0.554. The summed E-state index contributed by atoms with van der Waals surface area (Å²) in [5, 5.41) is 3.87. The van der Waals surface area contributed by atoms with Gasteiger partial charge in [0.1, 0.15) is 24.7 Å². The third-order valence-electron chi connectivity index (χ3n) is 5.14. The van der Waals surface area contributed by atoms with Crippen LogP contribution in [0.2, 0.25) is 0 Å². The summed E-state index contributed by atoms with van der Waals surface area (Å²) in [7, 11) is 0. The first-order chi connectivity index (χ1) is 14.7. The van der Waals surface area contributed by atoms with Crippen LogP contribution in [0.25, 0.3) is 0 Å². The van der Waals surface area contributed by atoms with E-state index in [1.54, 1.807) is 0 Å². The van der Waals surface area contributed by atoms with Crippen LogP contribution in [0.15, 0.2) is 59.1 Å². The molecule has 30 heavy (non-hydrogen) atoms. The summed E-state index contributed by atoms with van der Waals surface area (Å²) in [5.74, 6) is 2.87. The van der Waals surface area contributed by atoms with Crippen LogP contribution in [0, 0.1) is 6.92 Å². The van der Waals surface area contributed by atoms with Crippen molar-refractivity contribution in [3.63, 3.8) is 0 Å². The Balaban J connectivity index is 1.32. The van der Waals surface area contributed by atoms with Gasteiger partial charge in [0.15, 0.2) is 5.82 Å². The summed E-state index contributed by atoms with van der Waals surface area (Å²) in [5.41, 5.74) is 0.573. The van der Waals surface area contributed by atoms with Gasteiger partial charge in [-0.1, -0.05) is 35.5 Å². The number of rotatable bonds is 7. The molecule has 1 aromatic heterocycles. The molecular weight excluding hydrogens is 382 g/mol. The molecule has 156 valence electrons. The fourth-order valence-corrected chi connectivity index (χ4v) is 3.58. The Kier molecular flexibility index (Phi) is 6.27. The number of ether oxygens (including phenoxy) is 2. The molecule has 2 aromatic carbocycles. The van der Waals surface area contributed by atoms with Crippen molar-refractivity contribution < 1.29 is 18.8 Å². The molecule has 3 aromatic rings. The summed E-state index contributed by atoms with van der Waals surface area (Å²) >= 11 is 0. The number of piperidine rings is 1. The first-order valence-electron chi connectivity index (χ1n) is 10.2. The molecule has 0 atom stereocenters. The molecule has 0 saturated carbocycles. The number of carbonyl (C=O) groups is 1. The van der Waals surface area contributed by atoms with E-state index < -0.39 is 0 Å². The van der Waals surface area contributed by atoms with Crippen molar-refractivity contribution in [1.29, 1.82) is 0 Å². The van der Waals surface area contributed by atoms with Crippen molar-refractivity contribution in [2.75, 3.05) is 26.3 Å². The van der Waals surface area contributed by atoms with Crippen molar-refractivity contribution in [2.45, 2.75) is 25.7 Å². The summed E-state index contributed by atoms with van der Waals surface area (Å²) in [6.45, 7) is 3.87. The minimum absolute atomic E-state index is 0.0188. The molecule has 0 N–H and O–H groups in total. The van der Waals surface area contributed by atoms with Gasteiger partial charge in [0.25, 0.3) is 5.91 Å². The lowest BCUT2D eigenvalue weighted by Crippen LogP contribution is -2.38. The summed E-state index contributed by atoms with van der Waals surface area (Å²) in [6.07, 6.45) is 1.61. The van der Waals surface area contributed by atoms with E-state index in [2.05, 4.69) is 10.1 Å². The van der Waals surface area contributed by atoms with Gasteiger partial charge in [-0.05, 0) is 44.0 Å². The molecule has 7 heteroatoms. The number of para-hydroxylation sites is 2. The van der Waals surface area contributed by atoms with Gasteiger partial charge in [-0.15, -0.1) is 0 Å². The molecule has 0 bridgehead atoms. The highest BCUT2D eigenvalue weighted by Gasteiger charge is 2.28. The minimum atomic E-state index is -0.0188. The Hall–Kier alpha value is -3.35. The predicted octanol–water partition coefficient (Wildman–Crippen LogP) is 3.86. The third kappa shape index (κ3) is 4.79. The van der Waals surface area contributed by atoms with Gasteiger partial charge >= 0.3 is 0 Å². The molecule has 0 unspecified atom stereocenters. The first kappa shape index (κ1) is 19.9. The smallest absolute Gasteiger partial charge is 0.257 e. The van der Waals surface area contributed by atoms with E-state index in [0.29, 0.717) is 49.3 Å². The van der Waals surface area contributed by atoms with E-state index in [4.69, 9.17) is 14.0 Å². The predicted molar refractivity (Wildman–Crippen MR) is 111 cm³/mol. The summed E-state index contributed by atoms with van der Waals surface area (Å²) in [4.78, 5) is 19.3. The molecule has 4 rings (SSSR count). The van der Waals surface area contributed by atoms with Crippen LogP contribution in [0.3, 0.4) is 0 Å². The lowest BCUT2D eigenvalue weighted by atomic mass is 9.96. The van der Waals surface area contributed by atoms with Crippen LogP contribution in [0.4, 0.5) is 0 Å². The second-order valence-corrected chi connectivity index (χ2v) is 7.25. The fourth-order valence-electron chi connectivity index (χ4n) is 3.58. The van der Waals surface area contributed by atoms with Crippen LogP contribution in [0.1, 0.15) is 40.8 Å². The molecule has 0 aliphatic carbocycles. The molecule has 1 saturated heterocycles. The molecule has 1 fully saturated rings. The lowest BCUT2D eigenvalue weighted by molar-refractivity contribution is 0.0699. The molecule has 1 aliphatic heterocycles. The molecule has 0 spiro atoms. The van der Waals surface area contributed by atoms with E-state index in [0.717, 1.165) is 18.6 Å². The average Bonchev–Trinajstić information content (AvgIpc) is 3.24. The fraction of sp³-hybridized carbons (Fsp3) is 0.348. The van der Waals surface area contributed by atoms with E-state index in [-0.39, 0.29) is 11.8 Å². The van der Waals surface area contributed by atoms with Gasteiger partial charge < -0.3 is 18.9 Å². The van der Waals surface area contributed by atoms with Gasteiger partial charge in [0.2, 0.25) is 5.89 Å². The second kappa shape index (κ2) is 9.43. The van der Waals surface area contributed by atoms with Gasteiger partial charge in [-0.3, -0.25) is 4.79 Å². The Morgan fingerprint density at radius 3 is 2.47 bits per heavy atom. The number of hydrogen-bond donors (Lipinski definition) is 0. The van der Waals surface area contributed by atoms with E-state index in [9.17, 15) is 4.79 Å². The van der Waals surface area contributed by atoms with E-state index in [1.807, 2.05) is 66.4 Å². The molecule has 0 radical (unpaired) electrons. The Bertz CT molecular complexity index is 965. The maximum absolute atomic E-state index is 13.1. The number of aryl methyl sites for hydroxylation is 1. The number of likely N-dealkylation sites (tertiary alicyclic amines) is 1. The summed E-state index contributed by atoms with van der Waals surface area (Å²) in [6, 6.07) is 16.9. The topological polar surface area (TPSA) is 77.7 Å². The number of amides is 1. The number of nitrogens with zero attached hydrogens (tertiary/aromatic N) is 3. The standard InChI is InChI=1S/C23H25N3O4/c1-17-24-22(30-25-17)18-11-13-26(14-12-18)23(27)20-9-5-6-10-21(20)29-16-15-28-19-7-3-2-4-8-19/h2-10,18H,11-16H2,1H3. The zero-order valence-electron chi connectivity index (χ0n) is 17.0. The Labute approximate surface area is 175 Å². The van der Waals surface area contributed by atoms with E-state index in [1.165, 1.54) is 0 Å². The largest absolute Gasteiger partial charge is 0.490 e. The zero-order chi connectivity index (χ0) is 20.8. The molecular formula is C23H25N3O4. The SMILES string of the molecule is Cc1noc(C2CCN(C(=O)c3ccccc3OCCOc3ccccc3)CC2)n1. The van der Waals surface area contributed by atoms with Crippen molar-refractivity contribution in [2.24, 2.45) is 0 Å². The monoisotopic (exact) mass is 407 g/mol. The molecule has 1 aliphatic rings. The van der Waals surface area contributed by atoms with Gasteiger partial charge in [-0.2, -0.15) is 4.98 Å². The highest BCUT2D eigenvalue weighted by molar-refractivity contribution is 5.97. The summed E-state index contributed by atoms with van der Waals surface area (Å²) < 4.78 is 16.8.